The Labute approximate surface area is 114 Å². The van der Waals surface area contributed by atoms with Gasteiger partial charge in [0.25, 0.3) is 0 Å². The molecule has 18 heavy (non-hydrogen) atoms. The Morgan fingerprint density at radius 3 is 2.61 bits per heavy atom. The van der Waals surface area contributed by atoms with Crippen molar-refractivity contribution in [2.75, 3.05) is 19.6 Å². The van der Waals surface area contributed by atoms with E-state index < -0.39 is 0 Å². The van der Waals surface area contributed by atoms with Crippen LogP contribution in [-0.2, 0) is 0 Å². The zero-order valence-corrected chi connectivity index (χ0v) is 11.6. The maximum Gasteiger partial charge on any atom is 0.178 e. The smallest absolute Gasteiger partial charge is 0.178 e. The van der Waals surface area contributed by atoms with Gasteiger partial charge in [-0.1, -0.05) is 37.1 Å². The fourth-order valence-corrected chi connectivity index (χ4v) is 2.77. The maximum atomic E-state index is 12.2. The minimum absolute atomic E-state index is 0.135. The van der Waals surface area contributed by atoms with E-state index in [1.54, 1.807) is 6.07 Å². The quantitative estimate of drug-likeness (QED) is 0.775. The number of benzene rings is 1. The van der Waals surface area contributed by atoms with Crippen LogP contribution in [0, 0.1) is 5.92 Å². The second-order valence-electron chi connectivity index (χ2n) is 5.03. The van der Waals surface area contributed by atoms with Gasteiger partial charge in [0.2, 0.25) is 0 Å². The summed E-state index contributed by atoms with van der Waals surface area (Å²) in [5.74, 6) is 0.979. The van der Waals surface area contributed by atoms with Crippen molar-refractivity contribution in [2.24, 2.45) is 5.92 Å². The summed E-state index contributed by atoms with van der Waals surface area (Å²) < 4.78 is 0. The van der Waals surface area contributed by atoms with Gasteiger partial charge in [0.1, 0.15) is 0 Å². The van der Waals surface area contributed by atoms with E-state index in [9.17, 15) is 4.79 Å². The van der Waals surface area contributed by atoms with Crippen molar-refractivity contribution < 1.29 is 4.79 Å². The molecule has 1 saturated heterocycles. The summed E-state index contributed by atoms with van der Waals surface area (Å²) in [7, 11) is 0. The van der Waals surface area contributed by atoms with Gasteiger partial charge in [0.05, 0.1) is 11.6 Å². The van der Waals surface area contributed by atoms with Gasteiger partial charge < -0.3 is 0 Å². The lowest BCUT2D eigenvalue weighted by Crippen LogP contribution is -2.37. The summed E-state index contributed by atoms with van der Waals surface area (Å²) in [6.07, 6.45) is 3.69. The summed E-state index contributed by atoms with van der Waals surface area (Å²) >= 11 is 6.04. The number of piperidine rings is 1. The second-order valence-corrected chi connectivity index (χ2v) is 5.44. The first-order valence-electron chi connectivity index (χ1n) is 6.70. The molecule has 98 valence electrons. The number of likely N-dealkylation sites (tertiary alicyclic amines) is 1. The minimum Gasteiger partial charge on any atom is -0.296 e. The summed E-state index contributed by atoms with van der Waals surface area (Å²) in [5, 5.41) is 0.561. The number of hydrogen-bond donors (Lipinski definition) is 0. The lowest BCUT2D eigenvalue weighted by atomic mass is 9.94. The van der Waals surface area contributed by atoms with Crippen LogP contribution in [0.1, 0.15) is 36.5 Å². The molecule has 1 fully saturated rings. The molecule has 0 unspecified atom stereocenters. The Kier molecular flexibility index (Phi) is 4.79. The Hall–Kier alpha value is -0.860. The van der Waals surface area contributed by atoms with E-state index in [-0.39, 0.29) is 5.78 Å². The van der Waals surface area contributed by atoms with E-state index in [1.165, 1.54) is 19.3 Å². The molecule has 2 nitrogen and oxygen atoms in total. The van der Waals surface area contributed by atoms with E-state index >= 15 is 0 Å². The van der Waals surface area contributed by atoms with E-state index in [0.29, 0.717) is 17.1 Å². The molecule has 1 aliphatic rings. The summed E-state index contributed by atoms with van der Waals surface area (Å²) in [6, 6.07) is 7.30. The summed E-state index contributed by atoms with van der Waals surface area (Å²) in [5.41, 5.74) is 0.650. The number of Topliss-reactive ketones (excluding diaryl/α,β-unsaturated/α-hetero) is 1. The van der Waals surface area contributed by atoms with Crippen molar-refractivity contribution in [3.63, 3.8) is 0 Å². The van der Waals surface area contributed by atoms with Gasteiger partial charge in [-0.15, -0.1) is 0 Å². The molecule has 0 atom stereocenters. The fraction of sp³-hybridized carbons (Fsp3) is 0.533. The topological polar surface area (TPSA) is 20.3 Å². The normalized spacial score (nSPS) is 17.9. The Morgan fingerprint density at radius 2 is 2.00 bits per heavy atom. The van der Waals surface area contributed by atoms with Crippen molar-refractivity contribution in [1.29, 1.82) is 0 Å². The third-order valence-electron chi connectivity index (χ3n) is 3.83. The number of rotatable bonds is 4. The van der Waals surface area contributed by atoms with Crippen LogP contribution in [-0.4, -0.2) is 30.3 Å². The molecule has 3 heteroatoms. The van der Waals surface area contributed by atoms with Gasteiger partial charge in [-0.2, -0.15) is 0 Å². The zero-order chi connectivity index (χ0) is 13.0. The van der Waals surface area contributed by atoms with Crippen molar-refractivity contribution in [3.8, 4) is 0 Å². The molecule has 0 saturated carbocycles. The van der Waals surface area contributed by atoms with Crippen LogP contribution < -0.4 is 0 Å². The number of nitrogens with zero attached hydrogens (tertiary/aromatic N) is 1. The average Bonchev–Trinajstić information content (AvgIpc) is 2.40. The van der Waals surface area contributed by atoms with Gasteiger partial charge in [0, 0.05) is 5.56 Å². The summed E-state index contributed by atoms with van der Waals surface area (Å²) in [6.45, 7) is 4.82. The monoisotopic (exact) mass is 265 g/mol. The average molecular weight is 266 g/mol. The Balaban J connectivity index is 1.91. The largest absolute Gasteiger partial charge is 0.296 e. The number of hydrogen-bond acceptors (Lipinski definition) is 2. The lowest BCUT2D eigenvalue weighted by molar-refractivity contribution is 0.0895. The van der Waals surface area contributed by atoms with Crippen LogP contribution in [0.5, 0.6) is 0 Å². The Bertz CT molecular complexity index is 411. The van der Waals surface area contributed by atoms with Crippen LogP contribution in [0.15, 0.2) is 24.3 Å². The molecule has 1 aliphatic heterocycles. The SMILES string of the molecule is CCC1CCN(CC(=O)c2ccccc2Cl)CC1. The molecule has 1 heterocycles. The number of carbonyl (C=O) groups is 1. The highest BCUT2D eigenvalue weighted by atomic mass is 35.5. The molecule has 0 aliphatic carbocycles. The molecule has 1 aromatic rings. The van der Waals surface area contributed by atoms with Gasteiger partial charge >= 0.3 is 0 Å². The van der Waals surface area contributed by atoms with Crippen LogP contribution in [0.25, 0.3) is 0 Å². The Morgan fingerprint density at radius 1 is 1.33 bits per heavy atom. The van der Waals surface area contributed by atoms with Crippen LogP contribution >= 0.6 is 11.6 Å². The number of ketones is 1. The maximum absolute atomic E-state index is 12.2. The third-order valence-corrected chi connectivity index (χ3v) is 4.16. The molecule has 2 rings (SSSR count). The predicted molar refractivity (Wildman–Crippen MR) is 75.2 cm³/mol. The molecule has 0 radical (unpaired) electrons. The molecule has 0 amide bonds. The van der Waals surface area contributed by atoms with Gasteiger partial charge in [-0.25, -0.2) is 0 Å². The second kappa shape index (κ2) is 6.35. The van der Waals surface area contributed by atoms with E-state index in [0.717, 1.165) is 19.0 Å². The molecule has 0 N–H and O–H groups in total. The highest BCUT2D eigenvalue weighted by Crippen LogP contribution is 2.21. The molecule has 0 bridgehead atoms. The van der Waals surface area contributed by atoms with Gasteiger partial charge in [-0.3, -0.25) is 9.69 Å². The standard InChI is InChI=1S/C15H20ClNO/c1-2-12-7-9-17(10-8-12)11-15(18)13-5-3-4-6-14(13)16/h3-6,12H,2,7-11H2,1H3. The molecule has 1 aromatic carbocycles. The van der Waals surface area contributed by atoms with Gasteiger partial charge in [-0.05, 0) is 44.0 Å². The van der Waals surface area contributed by atoms with E-state index in [2.05, 4.69) is 11.8 Å². The zero-order valence-electron chi connectivity index (χ0n) is 10.9. The summed E-state index contributed by atoms with van der Waals surface area (Å²) in [4.78, 5) is 14.4. The van der Waals surface area contributed by atoms with Crippen molar-refractivity contribution in [3.05, 3.63) is 34.9 Å². The lowest BCUT2D eigenvalue weighted by Gasteiger charge is -2.30. The minimum atomic E-state index is 0.135. The van der Waals surface area contributed by atoms with Crippen molar-refractivity contribution in [1.82, 2.24) is 4.90 Å². The van der Waals surface area contributed by atoms with E-state index in [4.69, 9.17) is 11.6 Å². The number of carbonyl (C=O) groups excluding carboxylic acids is 1. The fourth-order valence-electron chi connectivity index (χ4n) is 2.53. The number of halogens is 1. The first-order valence-corrected chi connectivity index (χ1v) is 7.08. The molecule has 0 aromatic heterocycles. The predicted octanol–water partition coefficient (Wildman–Crippen LogP) is 3.64. The van der Waals surface area contributed by atoms with Crippen molar-refractivity contribution in [2.45, 2.75) is 26.2 Å². The van der Waals surface area contributed by atoms with Crippen molar-refractivity contribution >= 4 is 17.4 Å². The highest BCUT2D eigenvalue weighted by Gasteiger charge is 2.20. The first-order chi connectivity index (χ1) is 8.70. The van der Waals surface area contributed by atoms with E-state index in [1.807, 2.05) is 18.2 Å². The molecular weight excluding hydrogens is 246 g/mol. The van der Waals surface area contributed by atoms with Gasteiger partial charge in [0.15, 0.2) is 5.78 Å². The molecule has 0 spiro atoms. The highest BCUT2D eigenvalue weighted by molar-refractivity contribution is 6.34. The van der Waals surface area contributed by atoms with Crippen LogP contribution in [0.2, 0.25) is 5.02 Å². The molecular formula is C15H20ClNO. The van der Waals surface area contributed by atoms with Crippen LogP contribution in [0.4, 0.5) is 0 Å². The third kappa shape index (κ3) is 3.33. The first kappa shape index (κ1) is 13.6. The van der Waals surface area contributed by atoms with Crippen LogP contribution in [0.3, 0.4) is 0 Å².